The molecule has 4 rings (SSSR count). The molecule has 178 valence electrons. The molecule has 0 heterocycles. The average molecular weight is 469 g/mol. The summed E-state index contributed by atoms with van der Waals surface area (Å²) in [6.45, 7) is 1.93. The Morgan fingerprint density at radius 2 is 0.914 bits per heavy atom. The first kappa shape index (κ1) is 23.9. The second-order valence-electron chi connectivity index (χ2n) is 8.52. The summed E-state index contributed by atoms with van der Waals surface area (Å²) < 4.78 is 5.44. The van der Waals surface area contributed by atoms with E-state index in [0.29, 0.717) is 12.2 Å². The first-order chi connectivity index (χ1) is 16.9. The number of carbonyl (C=O) groups excluding carboxylic acids is 1. The van der Waals surface area contributed by atoms with Gasteiger partial charge in [-0.15, -0.1) is 0 Å². The molecule has 1 unspecified atom stereocenters. The normalized spacial score (nSPS) is 11.8. The van der Waals surface area contributed by atoms with E-state index in [1.54, 1.807) is 48.5 Å². The van der Waals surface area contributed by atoms with Crippen LogP contribution in [0.15, 0.2) is 97.1 Å². The standard InChI is InChI=1S/C30H28O5/c1-2-3-28(34)35-27-18-10-23(11-19-27)30(22-8-16-26(33)17-9-22)29(20-4-12-24(31)13-5-20)21-6-14-25(32)15-7-21/h4-19,29-33H,2-3H2,1H3. The largest absolute Gasteiger partial charge is 0.508 e. The molecule has 0 aliphatic heterocycles. The van der Waals surface area contributed by atoms with E-state index in [1.807, 2.05) is 55.5 Å². The van der Waals surface area contributed by atoms with Crippen molar-refractivity contribution in [2.45, 2.75) is 31.6 Å². The molecule has 0 aliphatic carbocycles. The van der Waals surface area contributed by atoms with Crippen LogP contribution < -0.4 is 4.74 Å². The number of aromatic hydroxyl groups is 3. The minimum absolute atomic E-state index is 0.172. The maximum atomic E-state index is 11.9. The molecule has 0 saturated heterocycles. The van der Waals surface area contributed by atoms with E-state index >= 15 is 0 Å². The minimum Gasteiger partial charge on any atom is -0.508 e. The third-order valence-corrected chi connectivity index (χ3v) is 6.01. The van der Waals surface area contributed by atoms with Crippen molar-refractivity contribution in [2.24, 2.45) is 0 Å². The third kappa shape index (κ3) is 5.82. The predicted octanol–water partition coefficient (Wildman–Crippen LogP) is 6.47. The predicted molar refractivity (Wildman–Crippen MR) is 135 cm³/mol. The van der Waals surface area contributed by atoms with Gasteiger partial charge >= 0.3 is 5.97 Å². The Labute approximate surface area is 204 Å². The summed E-state index contributed by atoms with van der Waals surface area (Å²) in [6, 6.07) is 28.8. The van der Waals surface area contributed by atoms with Crippen LogP contribution in [0, 0.1) is 0 Å². The highest BCUT2D eigenvalue weighted by Gasteiger charge is 2.28. The van der Waals surface area contributed by atoms with Crippen LogP contribution in [0.2, 0.25) is 0 Å². The van der Waals surface area contributed by atoms with E-state index in [9.17, 15) is 20.1 Å². The maximum Gasteiger partial charge on any atom is 0.311 e. The number of carbonyl (C=O) groups is 1. The van der Waals surface area contributed by atoms with Gasteiger partial charge in [-0.05, 0) is 77.2 Å². The lowest BCUT2D eigenvalue weighted by atomic mass is 9.73. The van der Waals surface area contributed by atoms with Gasteiger partial charge in [0.1, 0.15) is 23.0 Å². The van der Waals surface area contributed by atoms with Gasteiger partial charge in [0.15, 0.2) is 0 Å². The van der Waals surface area contributed by atoms with Crippen LogP contribution in [0.4, 0.5) is 0 Å². The fourth-order valence-corrected chi connectivity index (χ4v) is 4.33. The Bertz CT molecular complexity index is 1200. The van der Waals surface area contributed by atoms with Crippen LogP contribution in [-0.2, 0) is 4.79 Å². The average Bonchev–Trinajstić information content (AvgIpc) is 2.86. The van der Waals surface area contributed by atoms with Crippen LogP contribution in [0.25, 0.3) is 0 Å². The molecule has 0 saturated carbocycles. The molecular weight excluding hydrogens is 440 g/mol. The Balaban J connectivity index is 1.83. The summed E-state index contributed by atoms with van der Waals surface area (Å²) in [5.41, 5.74) is 3.91. The van der Waals surface area contributed by atoms with E-state index in [1.165, 1.54) is 0 Å². The summed E-state index contributed by atoms with van der Waals surface area (Å²) in [5, 5.41) is 29.7. The second-order valence-corrected chi connectivity index (χ2v) is 8.52. The Hall–Kier alpha value is -4.25. The van der Waals surface area contributed by atoms with Crippen LogP contribution in [-0.4, -0.2) is 21.3 Å². The topological polar surface area (TPSA) is 87.0 Å². The highest BCUT2D eigenvalue weighted by Crippen LogP contribution is 2.44. The van der Waals surface area contributed by atoms with Gasteiger partial charge in [0.05, 0.1) is 0 Å². The van der Waals surface area contributed by atoms with Crippen molar-refractivity contribution in [3.8, 4) is 23.0 Å². The minimum atomic E-state index is -0.263. The van der Waals surface area contributed by atoms with Gasteiger partial charge in [0, 0.05) is 18.3 Å². The maximum absolute atomic E-state index is 11.9. The zero-order valence-corrected chi connectivity index (χ0v) is 19.5. The number of rotatable bonds is 8. The number of benzene rings is 4. The number of esters is 1. The molecule has 1 atom stereocenters. The van der Waals surface area contributed by atoms with Crippen LogP contribution in [0.5, 0.6) is 23.0 Å². The number of hydrogen-bond acceptors (Lipinski definition) is 5. The number of ether oxygens (including phenoxy) is 1. The number of hydrogen-bond donors (Lipinski definition) is 3. The molecule has 0 aromatic heterocycles. The lowest BCUT2D eigenvalue weighted by molar-refractivity contribution is -0.134. The number of phenolic OH excluding ortho intramolecular Hbond substituents is 3. The van der Waals surface area contributed by atoms with E-state index in [4.69, 9.17) is 4.74 Å². The molecular formula is C30H28O5. The summed E-state index contributed by atoms with van der Waals surface area (Å²) in [6.07, 6.45) is 1.09. The van der Waals surface area contributed by atoms with Crippen molar-refractivity contribution in [2.75, 3.05) is 0 Å². The fourth-order valence-electron chi connectivity index (χ4n) is 4.33. The van der Waals surface area contributed by atoms with Crippen molar-refractivity contribution in [3.05, 3.63) is 119 Å². The quantitative estimate of drug-likeness (QED) is 0.204. The third-order valence-electron chi connectivity index (χ3n) is 6.01. The molecule has 0 bridgehead atoms. The van der Waals surface area contributed by atoms with Gasteiger partial charge < -0.3 is 20.1 Å². The van der Waals surface area contributed by atoms with E-state index in [0.717, 1.165) is 28.7 Å². The van der Waals surface area contributed by atoms with Gasteiger partial charge in [-0.3, -0.25) is 4.79 Å². The molecule has 35 heavy (non-hydrogen) atoms. The van der Waals surface area contributed by atoms with Crippen molar-refractivity contribution < 1.29 is 24.9 Å². The van der Waals surface area contributed by atoms with Gasteiger partial charge in [0.25, 0.3) is 0 Å². The first-order valence-corrected chi connectivity index (χ1v) is 11.6. The molecule has 3 N–H and O–H groups in total. The molecule has 4 aromatic carbocycles. The molecule has 0 amide bonds. The second kappa shape index (κ2) is 10.8. The van der Waals surface area contributed by atoms with Gasteiger partial charge in [-0.25, -0.2) is 0 Å². The first-order valence-electron chi connectivity index (χ1n) is 11.6. The molecule has 5 heteroatoms. The summed E-state index contributed by atoms with van der Waals surface area (Å²) in [5.74, 6) is 0.412. The van der Waals surface area contributed by atoms with Crippen molar-refractivity contribution in [1.29, 1.82) is 0 Å². The van der Waals surface area contributed by atoms with Gasteiger partial charge in [-0.1, -0.05) is 55.5 Å². The van der Waals surface area contributed by atoms with Crippen LogP contribution in [0.1, 0.15) is 53.9 Å². The lowest BCUT2D eigenvalue weighted by Gasteiger charge is -2.29. The van der Waals surface area contributed by atoms with Crippen LogP contribution in [0.3, 0.4) is 0 Å². The summed E-state index contributed by atoms with van der Waals surface area (Å²) >= 11 is 0. The highest BCUT2D eigenvalue weighted by molar-refractivity contribution is 5.72. The molecule has 5 nitrogen and oxygen atoms in total. The monoisotopic (exact) mass is 468 g/mol. The molecule has 4 aromatic rings. The van der Waals surface area contributed by atoms with E-state index < -0.39 is 0 Å². The number of phenols is 3. The molecule has 0 spiro atoms. The summed E-state index contributed by atoms with van der Waals surface area (Å²) in [7, 11) is 0. The van der Waals surface area contributed by atoms with Crippen molar-refractivity contribution >= 4 is 5.97 Å². The van der Waals surface area contributed by atoms with E-state index in [2.05, 4.69) is 0 Å². The molecule has 0 radical (unpaired) electrons. The fraction of sp³-hybridized carbons (Fsp3) is 0.167. The van der Waals surface area contributed by atoms with Crippen molar-refractivity contribution in [1.82, 2.24) is 0 Å². The Morgan fingerprint density at radius 1 is 0.600 bits per heavy atom. The molecule has 0 fully saturated rings. The lowest BCUT2D eigenvalue weighted by Crippen LogP contribution is -2.15. The van der Waals surface area contributed by atoms with Crippen LogP contribution >= 0.6 is 0 Å². The van der Waals surface area contributed by atoms with Crippen molar-refractivity contribution in [3.63, 3.8) is 0 Å². The zero-order valence-electron chi connectivity index (χ0n) is 19.5. The zero-order chi connectivity index (χ0) is 24.8. The Kier molecular flexibility index (Phi) is 7.36. The Morgan fingerprint density at radius 3 is 1.23 bits per heavy atom. The molecule has 0 aliphatic rings. The van der Waals surface area contributed by atoms with Gasteiger partial charge in [-0.2, -0.15) is 0 Å². The SMILES string of the molecule is CCCC(=O)Oc1ccc(C(c2ccc(O)cc2)C(c2ccc(O)cc2)c2ccc(O)cc2)cc1. The van der Waals surface area contributed by atoms with E-state index in [-0.39, 0.29) is 35.1 Å². The smallest absolute Gasteiger partial charge is 0.311 e. The highest BCUT2D eigenvalue weighted by atomic mass is 16.5. The van der Waals surface area contributed by atoms with Gasteiger partial charge in [0.2, 0.25) is 0 Å². The summed E-state index contributed by atoms with van der Waals surface area (Å²) in [4.78, 5) is 11.9.